The molecule has 1 unspecified atom stereocenters. The van der Waals surface area contributed by atoms with E-state index in [4.69, 9.17) is 9.26 Å². The highest BCUT2D eigenvalue weighted by atomic mass is 16.5. The SMILES string of the molecule is Cc1ccc(C)c(NC(=O)N2CC(c3nc(C)no3)C3(CCOCC3)C2)c1. The van der Waals surface area contributed by atoms with Crippen molar-refractivity contribution in [3.8, 4) is 0 Å². The Morgan fingerprint density at radius 1 is 1.26 bits per heavy atom. The number of aromatic nitrogens is 2. The topological polar surface area (TPSA) is 80.5 Å². The molecule has 2 aliphatic rings. The predicted molar refractivity (Wildman–Crippen MR) is 101 cm³/mol. The number of ether oxygens (including phenoxy) is 1. The molecule has 4 rings (SSSR count). The van der Waals surface area contributed by atoms with Crippen molar-refractivity contribution >= 4 is 11.7 Å². The molecule has 2 amide bonds. The molecule has 3 heterocycles. The van der Waals surface area contributed by atoms with Gasteiger partial charge in [0.2, 0.25) is 5.89 Å². The minimum atomic E-state index is -0.0756. The van der Waals surface area contributed by atoms with Crippen LogP contribution in [0.5, 0.6) is 0 Å². The molecule has 1 N–H and O–H groups in total. The fourth-order valence-corrected chi connectivity index (χ4v) is 4.27. The summed E-state index contributed by atoms with van der Waals surface area (Å²) in [6, 6.07) is 6.00. The first-order chi connectivity index (χ1) is 13.0. The summed E-state index contributed by atoms with van der Waals surface area (Å²) in [5.41, 5.74) is 2.98. The second-order valence-corrected chi connectivity index (χ2v) is 7.84. The number of aryl methyl sites for hydroxylation is 3. The van der Waals surface area contributed by atoms with Gasteiger partial charge < -0.3 is 19.5 Å². The Balaban J connectivity index is 1.57. The van der Waals surface area contributed by atoms with Gasteiger partial charge in [-0.05, 0) is 50.8 Å². The highest BCUT2D eigenvalue weighted by Gasteiger charge is 2.51. The number of anilines is 1. The molecule has 1 aromatic heterocycles. The lowest BCUT2D eigenvalue weighted by atomic mass is 9.72. The van der Waals surface area contributed by atoms with Crippen molar-refractivity contribution in [2.75, 3.05) is 31.6 Å². The molecular weight excluding hydrogens is 344 g/mol. The lowest BCUT2D eigenvalue weighted by Gasteiger charge is -2.36. The monoisotopic (exact) mass is 370 g/mol. The number of nitrogens with one attached hydrogen (secondary N) is 1. The molecule has 144 valence electrons. The number of nitrogens with zero attached hydrogens (tertiary/aromatic N) is 3. The third-order valence-corrected chi connectivity index (χ3v) is 5.90. The summed E-state index contributed by atoms with van der Waals surface area (Å²) < 4.78 is 11.1. The summed E-state index contributed by atoms with van der Waals surface area (Å²) in [7, 11) is 0. The van der Waals surface area contributed by atoms with Gasteiger partial charge in [-0.2, -0.15) is 4.98 Å². The van der Waals surface area contributed by atoms with E-state index in [2.05, 4.69) is 15.5 Å². The molecule has 7 nitrogen and oxygen atoms in total. The third kappa shape index (κ3) is 3.43. The average Bonchev–Trinajstić information content (AvgIpc) is 3.23. The van der Waals surface area contributed by atoms with Gasteiger partial charge in [0, 0.05) is 37.4 Å². The first-order valence-corrected chi connectivity index (χ1v) is 9.48. The van der Waals surface area contributed by atoms with Gasteiger partial charge in [-0.15, -0.1) is 0 Å². The lowest BCUT2D eigenvalue weighted by molar-refractivity contribution is 0.00959. The summed E-state index contributed by atoms with van der Waals surface area (Å²) in [4.78, 5) is 19.4. The van der Waals surface area contributed by atoms with E-state index in [0.717, 1.165) is 29.7 Å². The van der Waals surface area contributed by atoms with Gasteiger partial charge in [0.1, 0.15) is 0 Å². The van der Waals surface area contributed by atoms with Gasteiger partial charge >= 0.3 is 6.03 Å². The Kier molecular flexibility index (Phi) is 4.63. The van der Waals surface area contributed by atoms with E-state index >= 15 is 0 Å². The smallest absolute Gasteiger partial charge is 0.321 e. The molecule has 2 aliphatic heterocycles. The first kappa shape index (κ1) is 18.0. The van der Waals surface area contributed by atoms with Crippen molar-refractivity contribution in [3.05, 3.63) is 41.0 Å². The fraction of sp³-hybridized carbons (Fsp3) is 0.550. The van der Waals surface area contributed by atoms with Crippen LogP contribution in [-0.2, 0) is 4.74 Å². The van der Waals surface area contributed by atoms with Crippen LogP contribution in [0.15, 0.2) is 22.7 Å². The summed E-state index contributed by atoms with van der Waals surface area (Å²) in [5.74, 6) is 1.31. The summed E-state index contributed by atoms with van der Waals surface area (Å²) >= 11 is 0. The zero-order chi connectivity index (χ0) is 19.0. The van der Waals surface area contributed by atoms with E-state index in [1.165, 1.54) is 0 Å². The lowest BCUT2D eigenvalue weighted by Crippen LogP contribution is -2.38. The molecular formula is C20H26N4O3. The molecule has 27 heavy (non-hydrogen) atoms. The zero-order valence-corrected chi connectivity index (χ0v) is 16.1. The Bertz CT molecular complexity index is 842. The molecule has 1 atom stereocenters. The van der Waals surface area contributed by atoms with E-state index in [9.17, 15) is 4.79 Å². The molecule has 2 fully saturated rings. The van der Waals surface area contributed by atoms with Gasteiger partial charge in [-0.25, -0.2) is 4.79 Å². The maximum Gasteiger partial charge on any atom is 0.321 e. The molecule has 0 aliphatic carbocycles. The van der Waals surface area contributed by atoms with Crippen molar-refractivity contribution in [2.45, 2.75) is 39.5 Å². The molecule has 7 heteroatoms. The second kappa shape index (κ2) is 6.96. The van der Waals surface area contributed by atoms with Gasteiger partial charge in [0.25, 0.3) is 0 Å². The van der Waals surface area contributed by atoms with E-state index < -0.39 is 0 Å². The highest BCUT2D eigenvalue weighted by Crippen LogP contribution is 2.49. The van der Waals surface area contributed by atoms with Crippen LogP contribution in [0.25, 0.3) is 0 Å². The molecule has 0 saturated carbocycles. The van der Waals surface area contributed by atoms with Gasteiger partial charge in [-0.3, -0.25) is 0 Å². The van der Waals surface area contributed by atoms with Crippen LogP contribution in [0.1, 0.15) is 41.6 Å². The number of benzene rings is 1. The highest BCUT2D eigenvalue weighted by molar-refractivity contribution is 5.90. The van der Waals surface area contributed by atoms with Crippen LogP contribution in [0.3, 0.4) is 0 Å². The van der Waals surface area contributed by atoms with Crippen LogP contribution < -0.4 is 5.32 Å². The maximum absolute atomic E-state index is 13.0. The van der Waals surface area contributed by atoms with Crippen molar-refractivity contribution in [1.82, 2.24) is 15.0 Å². The predicted octanol–water partition coefficient (Wildman–Crippen LogP) is 3.42. The Morgan fingerprint density at radius 3 is 2.74 bits per heavy atom. The first-order valence-electron chi connectivity index (χ1n) is 9.48. The second-order valence-electron chi connectivity index (χ2n) is 7.84. The number of hydrogen-bond donors (Lipinski definition) is 1. The number of likely N-dealkylation sites (tertiary alicyclic amines) is 1. The van der Waals surface area contributed by atoms with E-state index in [0.29, 0.717) is 38.0 Å². The molecule has 0 radical (unpaired) electrons. The van der Waals surface area contributed by atoms with Gasteiger partial charge in [-0.1, -0.05) is 17.3 Å². The number of carbonyl (C=O) groups is 1. The van der Waals surface area contributed by atoms with E-state index in [1.807, 2.05) is 43.9 Å². The van der Waals surface area contributed by atoms with Gasteiger partial charge in [0.05, 0.1) is 5.92 Å². The Labute approximate surface area is 159 Å². The van der Waals surface area contributed by atoms with Crippen molar-refractivity contribution in [1.29, 1.82) is 0 Å². The van der Waals surface area contributed by atoms with Crippen LogP contribution in [-0.4, -0.2) is 47.4 Å². The van der Waals surface area contributed by atoms with Gasteiger partial charge in [0.15, 0.2) is 5.82 Å². The maximum atomic E-state index is 13.0. The van der Waals surface area contributed by atoms with Crippen LogP contribution in [0, 0.1) is 26.2 Å². The average molecular weight is 370 g/mol. The Morgan fingerprint density at radius 2 is 2.04 bits per heavy atom. The standard InChI is InChI=1S/C20H26N4O3/c1-13-4-5-14(2)17(10-13)22-19(25)24-11-16(18-21-15(3)23-27-18)20(12-24)6-8-26-9-7-20/h4-5,10,16H,6-9,11-12H2,1-3H3,(H,22,25). The van der Waals surface area contributed by atoms with Crippen molar-refractivity contribution in [2.24, 2.45) is 5.41 Å². The van der Waals surface area contributed by atoms with Crippen LogP contribution in [0.4, 0.5) is 10.5 Å². The largest absolute Gasteiger partial charge is 0.381 e. The molecule has 1 spiro atoms. The molecule has 0 bridgehead atoms. The summed E-state index contributed by atoms with van der Waals surface area (Å²) in [6.45, 7) is 8.52. The number of urea groups is 1. The number of rotatable bonds is 2. The van der Waals surface area contributed by atoms with E-state index in [-0.39, 0.29) is 17.4 Å². The Hall–Kier alpha value is -2.41. The van der Waals surface area contributed by atoms with E-state index in [1.54, 1.807) is 0 Å². The van der Waals surface area contributed by atoms with Crippen molar-refractivity contribution < 1.29 is 14.1 Å². The fourth-order valence-electron chi connectivity index (χ4n) is 4.27. The quantitative estimate of drug-likeness (QED) is 0.876. The number of hydrogen-bond acceptors (Lipinski definition) is 5. The minimum absolute atomic E-state index is 0.0481. The number of carbonyl (C=O) groups excluding carboxylic acids is 1. The minimum Gasteiger partial charge on any atom is -0.381 e. The molecule has 2 saturated heterocycles. The normalized spacial score (nSPS) is 21.6. The zero-order valence-electron chi connectivity index (χ0n) is 16.1. The van der Waals surface area contributed by atoms with Crippen LogP contribution >= 0.6 is 0 Å². The number of amides is 2. The summed E-state index contributed by atoms with van der Waals surface area (Å²) in [6.07, 6.45) is 1.79. The summed E-state index contributed by atoms with van der Waals surface area (Å²) in [5, 5.41) is 7.04. The third-order valence-electron chi connectivity index (χ3n) is 5.90. The van der Waals surface area contributed by atoms with Crippen LogP contribution in [0.2, 0.25) is 0 Å². The molecule has 2 aromatic rings. The molecule has 1 aromatic carbocycles. The van der Waals surface area contributed by atoms with Crippen molar-refractivity contribution in [3.63, 3.8) is 0 Å².